The van der Waals surface area contributed by atoms with Crippen LogP contribution in [-0.4, -0.2) is 29.3 Å². The van der Waals surface area contributed by atoms with Gasteiger partial charge in [-0.1, -0.05) is 29.3 Å². The van der Waals surface area contributed by atoms with Crippen LogP contribution in [0.2, 0.25) is 0 Å². The minimum absolute atomic E-state index is 0.0162. The molecule has 1 aromatic carbocycles. The van der Waals surface area contributed by atoms with E-state index >= 15 is 0 Å². The van der Waals surface area contributed by atoms with E-state index < -0.39 is 0 Å². The number of nitrogens with one attached hydrogen (secondary N) is 1. The standard InChI is InChI=1S/C15H20N2O2/c1-10-4-11(2)6-13(5-10)9-17-12(3)7-14(18)16-8-15(17)19/h4-6,12H,7-9H2,1-3H3,(H,16,18). The van der Waals surface area contributed by atoms with Crippen LogP contribution in [0.5, 0.6) is 0 Å². The van der Waals surface area contributed by atoms with Crippen molar-refractivity contribution in [3.8, 4) is 0 Å². The van der Waals surface area contributed by atoms with Crippen LogP contribution in [0.1, 0.15) is 30.0 Å². The van der Waals surface area contributed by atoms with Gasteiger partial charge in [0.25, 0.3) is 0 Å². The Morgan fingerprint density at radius 1 is 1.21 bits per heavy atom. The molecule has 0 spiro atoms. The van der Waals surface area contributed by atoms with Crippen molar-refractivity contribution in [2.45, 2.75) is 39.8 Å². The summed E-state index contributed by atoms with van der Waals surface area (Å²) in [5, 5.41) is 2.63. The molecule has 1 aliphatic rings. The number of aryl methyl sites for hydroxylation is 2. The fraction of sp³-hybridized carbons (Fsp3) is 0.467. The molecule has 0 aliphatic carbocycles. The second-order valence-corrected chi connectivity index (χ2v) is 5.35. The van der Waals surface area contributed by atoms with Crippen molar-refractivity contribution in [1.82, 2.24) is 10.2 Å². The van der Waals surface area contributed by atoms with Gasteiger partial charge in [0.2, 0.25) is 11.8 Å². The van der Waals surface area contributed by atoms with E-state index in [1.54, 1.807) is 4.90 Å². The Hall–Kier alpha value is -1.84. The molecule has 2 amide bonds. The van der Waals surface area contributed by atoms with E-state index in [2.05, 4.69) is 37.4 Å². The SMILES string of the molecule is Cc1cc(C)cc(CN2C(=O)CNC(=O)CC2C)c1. The highest BCUT2D eigenvalue weighted by Gasteiger charge is 2.26. The number of rotatable bonds is 2. The Labute approximate surface area is 113 Å². The number of hydrogen-bond acceptors (Lipinski definition) is 2. The third-order valence-corrected chi connectivity index (χ3v) is 3.40. The molecule has 4 heteroatoms. The molecule has 2 rings (SSSR count). The lowest BCUT2D eigenvalue weighted by molar-refractivity contribution is -0.132. The van der Waals surface area contributed by atoms with Crippen molar-refractivity contribution < 1.29 is 9.59 Å². The number of nitrogens with zero attached hydrogens (tertiary/aromatic N) is 1. The summed E-state index contributed by atoms with van der Waals surface area (Å²) in [7, 11) is 0. The normalized spacial score (nSPS) is 20.2. The number of carbonyl (C=O) groups is 2. The third-order valence-electron chi connectivity index (χ3n) is 3.40. The molecule has 0 radical (unpaired) electrons. The molecule has 1 atom stereocenters. The van der Waals surface area contributed by atoms with Crippen LogP contribution in [0.15, 0.2) is 18.2 Å². The smallest absolute Gasteiger partial charge is 0.242 e. The Morgan fingerprint density at radius 3 is 2.47 bits per heavy atom. The summed E-state index contributed by atoms with van der Waals surface area (Å²) in [6.07, 6.45) is 0.372. The van der Waals surface area contributed by atoms with Crippen LogP contribution in [0.25, 0.3) is 0 Å². The summed E-state index contributed by atoms with van der Waals surface area (Å²) in [4.78, 5) is 25.3. The minimum Gasteiger partial charge on any atom is -0.347 e. The second-order valence-electron chi connectivity index (χ2n) is 5.35. The largest absolute Gasteiger partial charge is 0.347 e. The molecule has 102 valence electrons. The van der Waals surface area contributed by atoms with Crippen molar-refractivity contribution in [1.29, 1.82) is 0 Å². The van der Waals surface area contributed by atoms with Gasteiger partial charge in [0.05, 0.1) is 6.54 Å². The van der Waals surface area contributed by atoms with Crippen LogP contribution in [0, 0.1) is 13.8 Å². The van der Waals surface area contributed by atoms with Crippen LogP contribution in [0.4, 0.5) is 0 Å². The predicted molar refractivity (Wildman–Crippen MR) is 73.6 cm³/mol. The Morgan fingerprint density at radius 2 is 1.84 bits per heavy atom. The van der Waals surface area contributed by atoms with Gasteiger partial charge in [-0.3, -0.25) is 9.59 Å². The summed E-state index contributed by atoms with van der Waals surface area (Å²) in [5.41, 5.74) is 3.50. The van der Waals surface area contributed by atoms with Gasteiger partial charge in [0.15, 0.2) is 0 Å². The van der Waals surface area contributed by atoms with Gasteiger partial charge in [-0.25, -0.2) is 0 Å². The minimum atomic E-state index is -0.0594. The quantitative estimate of drug-likeness (QED) is 0.877. The van der Waals surface area contributed by atoms with E-state index in [1.165, 1.54) is 11.1 Å². The van der Waals surface area contributed by atoms with Crippen LogP contribution in [0.3, 0.4) is 0 Å². The third kappa shape index (κ3) is 3.34. The topological polar surface area (TPSA) is 49.4 Å². The molecule has 1 aromatic rings. The van der Waals surface area contributed by atoms with Gasteiger partial charge in [-0.2, -0.15) is 0 Å². The molecule has 1 saturated heterocycles. The fourth-order valence-electron chi connectivity index (χ4n) is 2.57. The number of benzene rings is 1. The Bertz CT molecular complexity index is 491. The zero-order valence-corrected chi connectivity index (χ0v) is 11.7. The second kappa shape index (κ2) is 5.43. The first-order valence-electron chi connectivity index (χ1n) is 6.59. The first-order valence-corrected chi connectivity index (χ1v) is 6.59. The summed E-state index contributed by atoms with van der Waals surface area (Å²) in [6, 6.07) is 6.23. The van der Waals surface area contributed by atoms with Crippen LogP contribution in [-0.2, 0) is 16.1 Å². The van der Waals surface area contributed by atoms with E-state index in [0.717, 1.165) is 5.56 Å². The van der Waals surface area contributed by atoms with Crippen LogP contribution >= 0.6 is 0 Å². The maximum Gasteiger partial charge on any atom is 0.242 e. The van der Waals surface area contributed by atoms with Crippen LogP contribution < -0.4 is 5.32 Å². The maximum atomic E-state index is 12.1. The summed E-state index contributed by atoms with van der Waals surface area (Å²) >= 11 is 0. The van der Waals surface area contributed by atoms with E-state index in [0.29, 0.717) is 13.0 Å². The van der Waals surface area contributed by atoms with Gasteiger partial charge in [-0.15, -0.1) is 0 Å². The monoisotopic (exact) mass is 260 g/mol. The lowest BCUT2D eigenvalue weighted by Crippen LogP contribution is -2.39. The molecule has 19 heavy (non-hydrogen) atoms. The molecule has 4 nitrogen and oxygen atoms in total. The molecule has 1 fully saturated rings. The number of hydrogen-bond donors (Lipinski definition) is 1. The summed E-state index contributed by atoms with van der Waals surface area (Å²) < 4.78 is 0. The highest BCUT2D eigenvalue weighted by atomic mass is 16.2. The molecule has 1 unspecified atom stereocenters. The Balaban J connectivity index is 2.19. The molecular weight excluding hydrogens is 240 g/mol. The van der Waals surface area contributed by atoms with Gasteiger partial charge >= 0.3 is 0 Å². The zero-order chi connectivity index (χ0) is 14.0. The van der Waals surface area contributed by atoms with Crippen molar-refractivity contribution in [2.75, 3.05) is 6.54 Å². The first-order chi connectivity index (χ1) is 8.95. The van der Waals surface area contributed by atoms with E-state index in [4.69, 9.17) is 0 Å². The fourth-order valence-corrected chi connectivity index (χ4v) is 2.57. The number of amides is 2. The molecular formula is C15H20N2O2. The lowest BCUT2D eigenvalue weighted by Gasteiger charge is -2.26. The summed E-state index contributed by atoms with van der Waals surface area (Å²) in [6.45, 7) is 6.70. The summed E-state index contributed by atoms with van der Waals surface area (Å²) in [5.74, 6) is -0.0683. The van der Waals surface area contributed by atoms with Gasteiger partial charge in [0, 0.05) is 19.0 Å². The predicted octanol–water partition coefficient (Wildman–Crippen LogP) is 1.54. The highest BCUT2D eigenvalue weighted by Crippen LogP contribution is 2.16. The zero-order valence-electron chi connectivity index (χ0n) is 11.7. The van der Waals surface area contributed by atoms with Crippen molar-refractivity contribution >= 4 is 11.8 Å². The molecule has 0 aromatic heterocycles. The van der Waals surface area contributed by atoms with E-state index in [9.17, 15) is 9.59 Å². The lowest BCUT2D eigenvalue weighted by atomic mass is 10.1. The molecule has 1 N–H and O–H groups in total. The van der Waals surface area contributed by atoms with E-state index in [-0.39, 0.29) is 24.4 Å². The molecule has 1 aliphatic heterocycles. The van der Waals surface area contributed by atoms with Gasteiger partial charge in [-0.05, 0) is 26.3 Å². The Kier molecular flexibility index (Phi) is 3.88. The highest BCUT2D eigenvalue weighted by molar-refractivity contribution is 5.87. The van der Waals surface area contributed by atoms with Crippen molar-refractivity contribution in [3.63, 3.8) is 0 Å². The average molecular weight is 260 g/mol. The average Bonchev–Trinajstić information content (AvgIpc) is 2.41. The van der Waals surface area contributed by atoms with Crippen molar-refractivity contribution in [2.24, 2.45) is 0 Å². The van der Waals surface area contributed by atoms with Gasteiger partial charge < -0.3 is 10.2 Å². The molecule has 0 saturated carbocycles. The molecule has 1 heterocycles. The maximum absolute atomic E-state index is 12.1. The molecule has 0 bridgehead atoms. The number of carbonyl (C=O) groups excluding carboxylic acids is 2. The first kappa shape index (κ1) is 13.6. The van der Waals surface area contributed by atoms with E-state index in [1.807, 2.05) is 6.92 Å². The van der Waals surface area contributed by atoms with Crippen molar-refractivity contribution in [3.05, 3.63) is 34.9 Å². The van der Waals surface area contributed by atoms with Gasteiger partial charge in [0.1, 0.15) is 0 Å².